The Morgan fingerprint density at radius 1 is 1.55 bits per heavy atom. The van der Waals surface area contributed by atoms with Crippen molar-refractivity contribution < 1.29 is 4.39 Å². The van der Waals surface area contributed by atoms with Gasteiger partial charge in [0.2, 0.25) is 0 Å². The molecule has 0 unspecified atom stereocenters. The Morgan fingerprint density at radius 2 is 2.27 bits per heavy atom. The monoisotopic (exact) mass is 263 g/mol. The fourth-order valence-electron chi connectivity index (χ4n) is 0.599. The second-order valence-corrected chi connectivity index (χ2v) is 2.95. The quantitative estimate of drug-likeness (QED) is 0.323. The molecule has 0 amide bonds. The van der Waals surface area contributed by atoms with Gasteiger partial charge in [0.25, 0.3) is 0 Å². The molecule has 0 fully saturated rings. The van der Waals surface area contributed by atoms with Crippen LogP contribution >= 0.6 is 22.6 Å². The molecule has 0 saturated heterocycles. The molecule has 0 aliphatic carbocycles. The summed E-state index contributed by atoms with van der Waals surface area (Å²) < 4.78 is 13.0. The number of azide groups is 1. The molecule has 0 heterocycles. The lowest BCUT2D eigenvalue weighted by atomic mass is 10.3. The molecule has 0 aliphatic heterocycles. The summed E-state index contributed by atoms with van der Waals surface area (Å²) in [5, 5.41) is 3.32. The van der Waals surface area contributed by atoms with Crippen molar-refractivity contribution in [3.05, 3.63) is 38.0 Å². The van der Waals surface area contributed by atoms with Crippen LogP contribution in [0, 0.1) is 9.39 Å². The van der Waals surface area contributed by atoms with Crippen molar-refractivity contribution >= 4 is 28.3 Å². The molecular weight excluding hydrogens is 260 g/mol. The van der Waals surface area contributed by atoms with E-state index in [2.05, 4.69) is 10.0 Å². The largest absolute Gasteiger partial charge is 0.206 e. The van der Waals surface area contributed by atoms with Crippen molar-refractivity contribution in [2.45, 2.75) is 0 Å². The third kappa shape index (κ3) is 2.06. The minimum atomic E-state index is -0.303. The van der Waals surface area contributed by atoms with Crippen molar-refractivity contribution in [2.24, 2.45) is 5.11 Å². The van der Waals surface area contributed by atoms with Crippen LogP contribution in [0.25, 0.3) is 10.4 Å². The zero-order valence-electron chi connectivity index (χ0n) is 5.33. The highest BCUT2D eigenvalue weighted by Crippen LogP contribution is 2.18. The first-order valence-corrected chi connectivity index (χ1v) is 3.82. The first kappa shape index (κ1) is 8.29. The first-order chi connectivity index (χ1) is 5.24. The van der Waals surface area contributed by atoms with Crippen molar-refractivity contribution in [1.29, 1.82) is 0 Å². The van der Waals surface area contributed by atoms with Crippen LogP contribution in [0.5, 0.6) is 0 Å². The van der Waals surface area contributed by atoms with Crippen LogP contribution < -0.4 is 0 Å². The van der Waals surface area contributed by atoms with Gasteiger partial charge in [-0.3, -0.25) is 0 Å². The Morgan fingerprint density at radius 3 is 2.82 bits per heavy atom. The van der Waals surface area contributed by atoms with E-state index in [0.29, 0.717) is 9.26 Å². The van der Waals surface area contributed by atoms with Gasteiger partial charge in [0.1, 0.15) is 5.82 Å². The zero-order valence-corrected chi connectivity index (χ0v) is 7.49. The third-order valence-electron chi connectivity index (χ3n) is 1.06. The molecule has 0 aliphatic rings. The minimum absolute atomic E-state index is 0.303. The highest BCUT2D eigenvalue weighted by molar-refractivity contribution is 14.1. The van der Waals surface area contributed by atoms with Crippen molar-refractivity contribution in [3.63, 3.8) is 0 Å². The highest BCUT2D eigenvalue weighted by Gasteiger charge is 1.97. The summed E-state index contributed by atoms with van der Waals surface area (Å²) in [5.41, 5.74) is 8.47. The third-order valence-corrected chi connectivity index (χ3v) is 1.89. The van der Waals surface area contributed by atoms with Crippen LogP contribution in [-0.2, 0) is 0 Å². The normalized spacial score (nSPS) is 8.91. The van der Waals surface area contributed by atoms with Crippen molar-refractivity contribution in [1.82, 2.24) is 0 Å². The second kappa shape index (κ2) is 3.54. The standard InChI is InChI=1S/C6H3FIN3/c7-5-2-1-4(10-11-9)3-6(5)8/h1-3H. The van der Waals surface area contributed by atoms with E-state index in [9.17, 15) is 4.39 Å². The van der Waals surface area contributed by atoms with Gasteiger partial charge < -0.3 is 0 Å². The fraction of sp³-hybridized carbons (Fsp3) is 0. The second-order valence-electron chi connectivity index (χ2n) is 1.79. The summed E-state index contributed by atoms with van der Waals surface area (Å²) in [6.07, 6.45) is 0. The van der Waals surface area contributed by atoms with E-state index >= 15 is 0 Å². The molecule has 1 rings (SSSR count). The van der Waals surface area contributed by atoms with E-state index in [0.717, 1.165) is 0 Å². The average Bonchev–Trinajstić information content (AvgIpc) is 1.98. The predicted octanol–water partition coefficient (Wildman–Crippen LogP) is 3.37. The molecule has 1 aromatic carbocycles. The van der Waals surface area contributed by atoms with Crippen LogP contribution in [-0.4, -0.2) is 0 Å². The Balaban J connectivity index is 3.14. The van der Waals surface area contributed by atoms with Gasteiger partial charge in [-0.25, -0.2) is 4.39 Å². The van der Waals surface area contributed by atoms with Crippen LogP contribution in [0.3, 0.4) is 0 Å². The van der Waals surface area contributed by atoms with Crippen LogP contribution in [0.1, 0.15) is 0 Å². The van der Waals surface area contributed by atoms with E-state index in [-0.39, 0.29) is 5.82 Å². The molecule has 11 heavy (non-hydrogen) atoms. The van der Waals surface area contributed by atoms with E-state index in [1.54, 1.807) is 0 Å². The average molecular weight is 263 g/mol. The Labute approximate surface area is 76.0 Å². The lowest BCUT2D eigenvalue weighted by Crippen LogP contribution is -1.77. The number of hydrogen-bond acceptors (Lipinski definition) is 1. The van der Waals surface area contributed by atoms with E-state index in [1.165, 1.54) is 18.2 Å². The molecular formula is C6H3FIN3. The number of rotatable bonds is 1. The summed E-state index contributed by atoms with van der Waals surface area (Å²) in [5.74, 6) is -0.303. The Bertz CT molecular complexity index is 320. The lowest BCUT2D eigenvalue weighted by Gasteiger charge is -1.93. The number of hydrogen-bond donors (Lipinski definition) is 0. The first-order valence-electron chi connectivity index (χ1n) is 2.74. The van der Waals surface area contributed by atoms with E-state index in [4.69, 9.17) is 5.53 Å². The summed E-state index contributed by atoms with van der Waals surface area (Å²) in [4.78, 5) is 2.58. The molecule has 0 bridgehead atoms. The fourth-order valence-corrected chi connectivity index (χ4v) is 1.10. The molecule has 0 atom stereocenters. The smallest absolute Gasteiger partial charge is 0.136 e. The molecule has 0 spiro atoms. The van der Waals surface area contributed by atoms with Gasteiger partial charge >= 0.3 is 0 Å². The lowest BCUT2D eigenvalue weighted by molar-refractivity contribution is 0.620. The molecule has 0 aromatic heterocycles. The van der Waals surface area contributed by atoms with Crippen LogP contribution in [0.15, 0.2) is 23.3 Å². The molecule has 0 N–H and O–H groups in total. The summed E-state index contributed by atoms with van der Waals surface area (Å²) >= 11 is 1.83. The number of benzene rings is 1. The van der Waals surface area contributed by atoms with Gasteiger partial charge in [-0.15, -0.1) is 0 Å². The molecule has 5 heteroatoms. The predicted molar refractivity (Wildman–Crippen MR) is 47.9 cm³/mol. The summed E-state index contributed by atoms with van der Waals surface area (Å²) in [7, 11) is 0. The van der Waals surface area contributed by atoms with Gasteiger partial charge in [-0.2, -0.15) is 0 Å². The topological polar surface area (TPSA) is 48.8 Å². The molecule has 0 radical (unpaired) electrons. The minimum Gasteiger partial charge on any atom is -0.206 e. The van der Waals surface area contributed by atoms with Gasteiger partial charge in [0.05, 0.1) is 0 Å². The van der Waals surface area contributed by atoms with Crippen LogP contribution in [0.4, 0.5) is 10.1 Å². The SMILES string of the molecule is [N-]=[N+]=Nc1ccc(F)c(I)c1. The Hall–Kier alpha value is -0.810. The van der Waals surface area contributed by atoms with E-state index < -0.39 is 0 Å². The number of halogens is 2. The summed E-state index contributed by atoms with van der Waals surface area (Å²) in [6.45, 7) is 0. The maximum absolute atomic E-state index is 12.6. The highest BCUT2D eigenvalue weighted by atomic mass is 127. The van der Waals surface area contributed by atoms with E-state index in [1.807, 2.05) is 22.6 Å². The van der Waals surface area contributed by atoms with Gasteiger partial charge in [0.15, 0.2) is 0 Å². The molecule has 0 saturated carbocycles. The van der Waals surface area contributed by atoms with Crippen LogP contribution in [0.2, 0.25) is 0 Å². The van der Waals surface area contributed by atoms with Crippen molar-refractivity contribution in [2.75, 3.05) is 0 Å². The van der Waals surface area contributed by atoms with Crippen molar-refractivity contribution in [3.8, 4) is 0 Å². The van der Waals surface area contributed by atoms with Gasteiger partial charge in [-0.05, 0) is 46.3 Å². The maximum atomic E-state index is 12.6. The van der Waals surface area contributed by atoms with Gasteiger partial charge in [0, 0.05) is 14.2 Å². The Kier molecular flexibility index (Phi) is 2.67. The summed E-state index contributed by atoms with van der Waals surface area (Å²) in [6, 6.07) is 4.18. The number of nitrogens with zero attached hydrogens (tertiary/aromatic N) is 3. The zero-order chi connectivity index (χ0) is 8.27. The van der Waals surface area contributed by atoms with Gasteiger partial charge in [-0.1, -0.05) is 5.11 Å². The molecule has 56 valence electrons. The molecule has 3 nitrogen and oxygen atoms in total. The molecule has 1 aromatic rings. The maximum Gasteiger partial charge on any atom is 0.136 e.